The molecule has 2 rings (SSSR count). The summed E-state index contributed by atoms with van der Waals surface area (Å²) < 4.78 is 4.64. The van der Waals surface area contributed by atoms with Crippen molar-refractivity contribution in [3.8, 4) is 0 Å². The van der Waals surface area contributed by atoms with Gasteiger partial charge < -0.3 is 4.74 Å². The number of aromatic nitrogens is 2. The highest BCUT2D eigenvalue weighted by molar-refractivity contribution is 6.34. The molecular weight excluding hydrogens is 216 g/mol. The van der Waals surface area contributed by atoms with Crippen molar-refractivity contribution in [3.05, 3.63) is 35.4 Å². The lowest BCUT2D eigenvalue weighted by molar-refractivity contribution is 0.0602. The fraction of sp³-hybridized carbons (Fsp3) is 0.100. The van der Waals surface area contributed by atoms with Crippen LogP contribution < -0.4 is 0 Å². The monoisotopic (exact) mass is 222 g/mol. The number of hydrogen-bond acceptors (Lipinski definition) is 4. The zero-order valence-electron chi connectivity index (χ0n) is 7.90. The Bertz CT molecular complexity index is 528. The van der Waals surface area contributed by atoms with Crippen LogP contribution >= 0.6 is 11.6 Å². The lowest BCUT2D eigenvalue weighted by Crippen LogP contribution is -2.02. The molecule has 2 heterocycles. The summed E-state index contributed by atoms with van der Waals surface area (Å²) in [4.78, 5) is 19.2. The smallest absolute Gasteiger partial charge is 0.340 e. The van der Waals surface area contributed by atoms with Crippen LogP contribution in [0.15, 0.2) is 24.7 Å². The van der Waals surface area contributed by atoms with Crippen LogP contribution in [0.25, 0.3) is 10.8 Å². The summed E-state index contributed by atoms with van der Waals surface area (Å²) in [6.45, 7) is 0. The Hall–Kier alpha value is -1.68. The second-order valence-electron chi connectivity index (χ2n) is 2.88. The van der Waals surface area contributed by atoms with Gasteiger partial charge in [-0.3, -0.25) is 4.98 Å². The Morgan fingerprint density at radius 3 is 2.93 bits per heavy atom. The first kappa shape index (κ1) is 9.86. The summed E-state index contributed by atoms with van der Waals surface area (Å²) in [6.07, 6.45) is 4.55. The number of hydrogen-bond donors (Lipinski definition) is 0. The topological polar surface area (TPSA) is 52.1 Å². The fourth-order valence-electron chi connectivity index (χ4n) is 1.33. The number of pyridine rings is 2. The molecule has 0 saturated carbocycles. The van der Waals surface area contributed by atoms with Crippen molar-refractivity contribution in [2.75, 3.05) is 7.11 Å². The van der Waals surface area contributed by atoms with Crippen LogP contribution in [0.1, 0.15) is 10.4 Å². The maximum Gasteiger partial charge on any atom is 0.340 e. The molecular formula is C10H7ClN2O2. The summed E-state index contributed by atoms with van der Waals surface area (Å²) in [5, 5.41) is 1.66. The van der Waals surface area contributed by atoms with Gasteiger partial charge in [-0.05, 0) is 6.07 Å². The van der Waals surface area contributed by atoms with Crippen molar-refractivity contribution in [2.24, 2.45) is 0 Å². The molecule has 0 aliphatic heterocycles. The maximum absolute atomic E-state index is 11.4. The van der Waals surface area contributed by atoms with Crippen LogP contribution in [0, 0.1) is 0 Å². The third-order valence-electron chi connectivity index (χ3n) is 2.04. The molecule has 0 aliphatic rings. The molecule has 2 aromatic heterocycles. The predicted octanol–water partition coefficient (Wildman–Crippen LogP) is 2.07. The Morgan fingerprint density at radius 1 is 1.40 bits per heavy atom. The van der Waals surface area contributed by atoms with E-state index in [9.17, 15) is 4.79 Å². The van der Waals surface area contributed by atoms with Crippen molar-refractivity contribution >= 4 is 28.3 Å². The number of methoxy groups -OCH3 is 1. The van der Waals surface area contributed by atoms with E-state index in [1.54, 1.807) is 12.3 Å². The normalized spacial score (nSPS) is 10.3. The second-order valence-corrected chi connectivity index (χ2v) is 3.23. The van der Waals surface area contributed by atoms with E-state index in [4.69, 9.17) is 11.6 Å². The van der Waals surface area contributed by atoms with Crippen molar-refractivity contribution in [3.63, 3.8) is 0 Å². The van der Waals surface area contributed by atoms with Crippen LogP contribution in [0.3, 0.4) is 0 Å². The summed E-state index contributed by atoms with van der Waals surface area (Å²) in [7, 11) is 1.32. The molecule has 0 amide bonds. The highest BCUT2D eigenvalue weighted by Crippen LogP contribution is 2.23. The van der Waals surface area contributed by atoms with Crippen LogP contribution in [-0.4, -0.2) is 23.0 Å². The fourth-order valence-corrected chi connectivity index (χ4v) is 1.54. The lowest BCUT2D eigenvalue weighted by Gasteiger charge is -2.03. The molecule has 4 nitrogen and oxygen atoms in total. The van der Waals surface area contributed by atoms with E-state index in [1.165, 1.54) is 19.5 Å². The summed E-state index contributed by atoms with van der Waals surface area (Å²) in [6, 6.07) is 1.70. The number of carbonyl (C=O) groups is 1. The SMILES string of the molecule is COC(=O)c1cncc2c(Cl)nccc12. The minimum atomic E-state index is -0.435. The Balaban J connectivity index is 2.77. The number of ether oxygens (including phenoxy) is 1. The van der Waals surface area contributed by atoms with Gasteiger partial charge in [-0.25, -0.2) is 9.78 Å². The number of halogens is 1. The third-order valence-corrected chi connectivity index (χ3v) is 2.35. The molecule has 0 radical (unpaired) electrons. The first-order chi connectivity index (χ1) is 7.24. The van der Waals surface area contributed by atoms with Gasteiger partial charge in [0, 0.05) is 29.4 Å². The molecule has 0 bridgehead atoms. The summed E-state index contributed by atoms with van der Waals surface area (Å²) in [5.74, 6) is -0.435. The Kier molecular flexibility index (Phi) is 2.51. The zero-order valence-corrected chi connectivity index (χ0v) is 8.65. The number of fused-ring (bicyclic) bond motifs is 1. The van der Waals surface area contributed by atoms with Gasteiger partial charge in [-0.15, -0.1) is 0 Å². The highest BCUT2D eigenvalue weighted by atomic mass is 35.5. The summed E-state index contributed by atoms with van der Waals surface area (Å²) >= 11 is 5.87. The number of nitrogens with zero attached hydrogens (tertiary/aromatic N) is 2. The molecule has 0 spiro atoms. The minimum Gasteiger partial charge on any atom is -0.465 e. The van der Waals surface area contributed by atoms with Gasteiger partial charge in [-0.1, -0.05) is 11.6 Å². The third kappa shape index (κ3) is 1.64. The molecule has 0 saturated heterocycles. The maximum atomic E-state index is 11.4. The van der Waals surface area contributed by atoms with Gasteiger partial charge >= 0.3 is 5.97 Å². The Labute approximate surface area is 90.9 Å². The lowest BCUT2D eigenvalue weighted by atomic mass is 10.1. The number of esters is 1. The molecule has 0 atom stereocenters. The van der Waals surface area contributed by atoms with E-state index >= 15 is 0 Å². The molecule has 0 fully saturated rings. The van der Waals surface area contributed by atoms with Crippen LogP contribution in [0.5, 0.6) is 0 Å². The van der Waals surface area contributed by atoms with E-state index < -0.39 is 5.97 Å². The molecule has 2 aromatic rings. The van der Waals surface area contributed by atoms with E-state index in [2.05, 4.69) is 14.7 Å². The van der Waals surface area contributed by atoms with Gasteiger partial charge in [0.2, 0.25) is 0 Å². The minimum absolute atomic E-state index is 0.325. The van der Waals surface area contributed by atoms with Gasteiger partial charge in [0.25, 0.3) is 0 Å². The van der Waals surface area contributed by atoms with Crippen molar-refractivity contribution in [1.82, 2.24) is 9.97 Å². The first-order valence-corrected chi connectivity index (χ1v) is 4.58. The molecule has 5 heteroatoms. The van der Waals surface area contributed by atoms with E-state index in [0.29, 0.717) is 21.5 Å². The van der Waals surface area contributed by atoms with E-state index in [0.717, 1.165) is 0 Å². The number of rotatable bonds is 1. The highest BCUT2D eigenvalue weighted by Gasteiger charge is 2.11. The molecule has 0 N–H and O–H groups in total. The number of carbonyl (C=O) groups excluding carboxylic acids is 1. The van der Waals surface area contributed by atoms with E-state index in [-0.39, 0.29) is 0 Å². The molecule has 76 valence electrons. The van der Waals surface area contributed by atoms with Crippen LogP contribution in [0.2, 0.25) is 5.15 Å². The predicted molar refractivity (Wildman–Crippen MR) is 55.9 cm³/mol. The van der Waals surface area contributed by atoms with Gasteiger partial charge in [0.05, 0.1) is 12.7 Å². The van der Waals surface area contributed by atoms with Crippen molar-refractivity contribution in [2.45, 2.75) is 0 Å². The van der Waals surface area contributed by atoms with E-state index in [1.807, 2.05) is 0 Å². The van der Waals surface area contributed by atoms with Crippen LogP contribution in [-0.2, 0) is 4.74 Å². The first-order valence-electron chi connectivity index (χ1n) is 4.20. The Morgan fingerprint density at radius 2 is 2.20 bits per heavy atom. The quantitative estimate of drug-likeness (QED) is 0.548. The standard InChI is InChI=1S/C10H7ClN2O2/c1-15-10(14)8-5-12-4-7-6(8)2-3-13-9(7)11/h2-5H,1H3. The largest absolute Gasteiger partial charge is 0.465 e. The van der Waals surface area contributed by atoms with Gasteiger partial charge in [0.15, 0.2) is 0 Å². The second kappa shape index (κ2) is 3.82. The average Bonchev–Trinajstić information content (AvgIpc) is 2.28. The average molecular weight is 223 g/mol. The molecule has 0 aromatic carbocycles. The summed E-state index contributed by atoms with van der Waals surface area (Å²) in [5.41, 5.74) is 0.388. The van der Waals surface area contributed by atoms with Crippen molar-refractivity contribution in [1.29, 1.82) is 0 Å². The van der Waals surface area contributed by atoms with Crippen molar-refractivity contribution < 1.29 is 9.53 Å². The molecule has 0 unspecified atom stereocenters. The molecule has 0 aliphatic carbocycles. The van der Waals surface area contributed by atoms with Gasteiger partial charge in [-0.2, -0.15) is 0 Å². The van der Waals surface area contributed by atoms with Crippen LogP contribution in [0.4, 0.5) is 0 Å². The van der Waals surface area contributed by atoms with Gasteiger partial charge in [0.1, 0.15) is 5.15 Å². The molecule has 15 heavy (non-hydrogen) atoms. The zero-order chi connectivity index (χ0) is 10.8.